The van der Waals surface area contributed by atoms with Crippen LogP contribution in [0.2, 0.25) is 0 Å². The van der Waals surface area contributed by atoms with Crippen LogP contribution in [0.5, 0.6) is 0 Å². The van der Waals surface area contributed by atoms with Gasteiger partial charge in [0, 0.05) is 5.57 Å². The van der Waals surface area contributed by atoms with Crippen LogP contribution >= 0.6 is 0 Å². The Kier molecular flexibility index (Phi) is 10.7. The fraction of sp³-hybridized carbons (Fsp3) is 0.667. The number of rotatable bonds is 9. The molecule has 0 N–H and O–H groups in total. The van der Waals surface area contributed by atoms with Crippen LogP contribution in [0.4, 0.5) is 0 Å². The quantitative estimate of drug-likeness (QED) is 0.257. The fourth-order valence-corrected chi connectivity index (χ4v) is 1.46. The Bertz CT molecular complexity index is 252. The highest BCUT2D eigenvalue weighted by Gasteiger charge is 2.02. The minimum Gasteiger partial charge on any atom is -0.462 e. The first kappa shape index (κ1) is 16.0. The lowest BCUT2D eigenvalue weighted by Crippen LogP contribution is -2.06. The number of ether oxygens (including phenoxy) is 1. The summed E-state index contributed by atoms with van der Waals surface area (Å²) in [5, 5.41) is 0. The fourth-order valence-electron chi connectivity index (χ4n) is 1.46. The molecular weight excluding hydrogens is 212 g/mol. The molecule has 0 heterocycles. The van der Waals surface area contributed by atoms with E-state index in [0.29, 0.717) is 12.2 Å². The SMILES string of the molecule is C/C=C/CCCCCCCOC(=O)/C(C)=C/C. The number of carbonyl (C=O) groups is 1. The lowest BCUT2D eigenvalue weighted by atomic mass is 10.1. The summed E-state index contributed by atoms with van der Waals surface area (Å²) in [6.45, 7) is 6.24. The van der Waals surface area contributed by atoms with Crippen molar-refractivity contribution in [1.82, 2.24) is 0 Å². The summed E-state index contributed by atoms with van der Waals surface area (Å²) in [4.78, 5) is 11.3. The first-order valence-corrected chi connectivity index (χ1v) is 6.63. The van der Waals surface area contributed by atoms with E-state index < -0.39 is 0 Å². The normalized spacial score (nSPS) is 12.1. The molecule has 17 heavy (non-hydrogen) atoms. The highest BCUT2D eigenvalue weighted by atomic mass is 16.5. The minimum atomic E-state index is -0.180. The summed E-state index contributed by atoms with van der Waals surface area (Å²) >= 11 is 0. The molecule has 2 heteroatoms. The molecule has 2 nitrogen and oxygen atoms in total. The van der Waals surface area contributed by atoms with Crippen molar-refractivity contribution in [1.29, 1.82) is 0 Å². The standard InChI is InChI=1S/C15H26O2/c1-4-6-7-8-9-10-11-12-13-17-15(16)14(3)5-2/h4-6H,7-13H2,1-3H3/b6-4+,14-5+. The summed E-state index contributed by atoms with van der Waals surface area (Å²) in [5.41, 5.74) is 0.691. The molecule has 0 amide bonds. The Hall–Kier alpha value is -1.05. The Balaban J connectivity index is 3.27. The highest BCUT2D eigenvalue weighted by Crippen LogP contribution is 2.06. The van der Waals surface area contributed by atoms with Crippen molar-refractivity contribution in [3.8, 4) is 0 Å². The summed E-state index contributed by atoms with van der Waals surface area (Å²) < 4.78 is 5.12. The van der Waals surface area contributed by atoms with Gasteiger partial charge in [-0.1, -0.05) is 37.5 Å². The maximum atomic E-state index is 11.3. The topological polar surface area (TPSA) is 26.3 Å². The van der Waals surface area contributed by atoms with E-state index in [-0.39, 0.29) is 5.97 Å². The third-order valence-electron chi connectivity index (χ3n) is 2.74. The maximum absolute atomic E-state index is 11.3. The molecule has 0 aliphatic heterocycles. The summed E-state index contributed by atoms with van der Waals surface area (Å²) in [6.07, 6.45) is 13.2. The molecule has 0 radical (unpaired) electrons. The van der Waals surface area contributed by atoms with Crippen LogP contribution in [-0.4, -0.2) is 12.6 Å². The van der Waals surface area contributed by atoms with Crippen LogP contribution in [0.3, 0.4) is 0 Å². The van der Waals surface area contributed by atoms with Crippen molar-refractivity contribution in [3.63, 3.8) is 0 Å². The molecule has 98 valence electrons. The Morgan fingerprint density at radius 1 is 1.06 bits per heavy atom. The van der Waals surface area contributed by atoms with Gasteiger partial charge in [-0.05, 0) is 40.0 Å². The second-order valence-corrected chi connectivity index (χ2v) is 4.23. The van der Waals surface area contributed by atoms with E-state index in [0.717, 1.165) is 12.8 Å². The van der Waals surface area contributed by atoms with Crippen molar-refractivity contribution >= 4 is 5.97 Å². The van der Waals surface area contributed by atoms with E-state index in [1.165, 1.54) is 25.7 Å². The van der Waals surface area contributed by atoms with Crippen LogP contribution in [0, 0.1) is 0 Å². The first-order chi connectivity index (χ1) is 8.22. The highest BCUT2D eigenvalue weighted by molar-refractivity contribution is 5.87. The summed E-state index contributed by atoms with van der Waals surface area (Å²) in [6, 6.07) is 0. The van der Waals surface area contributed by atoms with Gasteiger partial charge in [-0.2, -0.15) is 0 Å². The van der Waals surface area contributed by atoms with Gasteiger partial charge in [0.2, 0.25) is 0 Å². The van der Waals surface area contributed by atoms with Gasteiger partial charge >= 0.3 is 5.97 Å². The number of hydrogen-bond donors (Lipinski definition) is 0. The molecule has 0 aliphatic rings. The number of allylic oxidation sites excluding steroid dienone is 3. The van der Waals surface area contributed by atoms with E-state index in [2.05, 4.69) is 19.1 Å². The van der Waals surface area contributed by atoms with Gasteiger partial charge in [-0.15, -0.1) is 0 Å². The van der Waals surface area contributed by atoms with Gasteiger partial charge in [0.25, 0.3) is 0 Å². The lowest BCUT2D eigenvalue weighted by Gasteiger charge is -2.04. The third kappa shape index (κ3) is 9.86. The molecule has 0 aromatic heterocycles. The zero-order chi connectivity index (χ0) is 12.9. The molecular formula is C15H26O2. The molecule has 0 aromatic carbocycles. The van der Waals surface area contributed by atoms with Crippen LogP contribution in [0.1, 0.15) is 59.3 Å². The molecule has 0 atom stereocenters. The largest absolute Gasteiger partial charge is 0.462 e. The first-order valence-electron chi connectivity index (χ1n) is 6.63. The Morgan fingerprint density at radius 3 is 2.35 bits per heavy atom. The smallest absolute Gasteiger partial charge is 0.333 e. The molecule has 0 saturated carbocycles. The van der Waals surface area contributed by atoms with Crippen LogP contribution < -0.4 is 0 Å². The number of esters is 1. The number of unbranched alkanes of at least 4 members (excludes halogenated alkanes) is 5. The van der Waals surface area contributed by atoms with Crippen LogP contribution in [-0.2, 0) is 9.53 Å². The van der Waals surface area contributed by atoms with E-state index in [9.17, 15) is 4.79 Å². The van der Waals surface area contributed by atoms with Gasteiger partial charge < -0.3 is 4.74 Å². The number of carbonyl (C=O) groups excluding carboxylic acids is 1. The molecule has 0 bridgehead atoms. The van der Waals surface area contributed by atoms with Gasteiger partial charge in [0.15, 0.2) is 0 Å². The average Bonchev–Trinajstić information content (AvgIpc) is 2.35. The van der Waals surface area contributed by atoms with Crippen molar-refractivity contribution in [2.75, 3.05) is 6.61 Å². The Morgan fingerprint density at radius 2 is 1.71 bits per heavy atom. The van der Waals surface area contributed by atoms with Crippen LogP contribution in [0.15, 0.2) is 23.8 Å². The van der Waals surface area contributed by atoms with Gasteiger partial charge in [0.05, 0.1) is 6.61 Å². The average molecular weight is 238 g/mol. The van der Waals surface area contributed by atoms with Crippen molar-refractivity contribution in [2.45, 2.75) is 59.3 Å². The van der Waals surface area contributed by atoms with E-state index >= 15 is 0 Å². The monoisotopic (exact) mass is 238 g/mol. The van der Waals surface area contributed by atoms with E-state index in [1.54, 1.807) is 13.0 Å². The Labute approximate surface area is 106 Å². The van der Waals surface area contributed by atoms with E-state index in [1.807, 2.05) is 6.92 Å². The van der Waals surface area contributed by atoms with Gasteiger partial charge in [-0.25, -0.2) is 4.79 Å². The predicted molar refractivity (Wildman–Crippen MR) is 72.9 cm³/mol. The molecule has 0 unspecified atom stereocenters. The lowest BCUT2D eigenvalue weighted by molar-refractivity contribution is -0.139. The second-order valence-electron chi connectivity index (χ2n) is 4.23. The zero-order valence-electron chi connectivity index (χ0n) is 11.5. The molecule has 0 rings (SSSR count). The van der Waals surface area contributed by atoms with Crippen LogP contribution in [0.25, 0.3) is 0 Å². The van der Waals surface area contributed by atoms with Gasteiger partial charge in [0.1, 0.15) is 0 Å². The minimum absolute atomic E-state index is 0.180. The summed E-state index contributed by atoms with van der Waals surface area (Å²) in [5.74, 6) is -0.180. The van der Waals surface area contributed by atoms with Crippen molar-refractivity contribution in [3.05, 3.63) is 23.8 Å². The maximum Gasteiger partial charge on any atom is 0.333 e. The molecule has 0 saturated heterocycles. The molecule has 0 aromatic rings. The van der Waals surface area contributed by atoms with Gasteiger partial charge in [-0.3, -0.25) is 0 Å². The molecule has 0 spiro atoms. The van der Waals surface area contributed by atoms with Crippen molar-refractivity contribution < 1.29 is 9.53 Å². The second kappa shape index (κ2) is 11.4. The summed E-state index contributed by atoms with van der Waals surface area (Å²) in [7, 11) is 0. The molecule has 0 aliphatic carbocycles. The zero-order valence-corrected chi connectivity index (χ0v) is 11.5. The number of hydrogen-bond acceptors (Lipinski definition) is 2. The predicted octanol–water partition coefficient (Wildman–Crippen LogP) is 4.41. The van der Waals surface area contributed by atoms with Crippen molar-refractivity contribution in [2.24, 2.45) is 0 Å². The molecule has 0 fully saturated rings. The van der Waals surface area contributed by atoms with E-state index in [4.69, 9.17) is 4.74 Å². The third-order valence-corrected chi connectivity index (χ3v) is 2.74.